The van der Waals surface area contributed by atoms with Crippen LogP contribution in [0.2, 0.25) is 0 Å². The maximum Gasteiger partial charge on any atom is 0.219 e. The first-order valence-corrected chi connectivity index (χ1v) is 8.17. The molecular weight excluding hydrogens is 236 g/mol. The largest absolute Gasteiger partial charge is 0.356 e. The number of carbonyl (C=O) groups is 1. The van der Waals surface area contributed by atoms with E-state index in [-0.39, 0.29) is 5.91 Å². The lowest BCUT2D eigenvalue weighted by atomic mass is 10.1. The molecule has 1 atom stereocenters. The van der Waals surface area contributed by atoms with E-state index >= 15 is 0 Å². The average molecular weight is 270 g/mol. The zero-order chi connectivity index (χ0) is 14.3. The summed E-state index contributed by atoms with van der Waals surface area (Å²) in [6, 6.07) is 0. The number of amides is 1. The van der Waals surface area contributed by atoms with Crippen molar-refractivity contribution in [2.45, 2.75) is 78.1 Å². The van der Waals surface area contributed by atoms with Crippen LogP contribution in [0.15, 0.2) is 0 Å². The Labute approximate surface area is 119 Å². The molecule has 0 heterocycles. The molecule has 0 aliphatic carbocycles. The van der Waals surface area contributed by atoms with Crippen LogP contribution in [-0.4, -0.2) is 19.0 Å². The summed E-state index contributed by atoms with van der Waals surface area (Å²) < 4.78 is 0. The van der Waals surface area contributed by atoms with Gasteiger partial charge in [-0.3, -0.25) is 4.79 Å². The van der Waals surface area contributed by atoms with E-state index in [1.165, 1.54) is 38.5 Å². The predicted octanol–water partition coefficient (Wildman–Crippen LogP) is 3.62. The second kappa shape index (κ2) is 13.9. The van der Waals surface area contributed by atoms with Gasteiger partial charge in [-0.2, -0.15) is 0 Å². The van der Waals surface area contributed by atoms with Gasteiger partial charge < -0.3 is 11.1 Å². The van der Waals surface area contributed by atoms with Gasteiger partial charge in [0.25, 0.3) is 0 Å². The van der Waals surface area contributed by atoms with Gasteiger partial charge in [-0.15, -0.1) is 0 Å². The summed E-state index contributed by atoms with van der Waals surface area (Å²) in [4.78, 5) is 11.6. The summed E-state index contributed by atoms with van der Waals surface area (Å²) in [5.41, 5.74) is 5.55. The number of rotatable bonds is 13. The molecule has 114 valence electrons. The van der Waals surface area contributed by atoms with Crippen LogP contribution >= 0.6 is 0 Å². The Bertz CT molecular complexity index is 207. The molecule has 0 spiro atoms. The van der Waals surface area contributed by atoms with Crippen LogP contribution in [0.5, 0.6) is 0 Å². The van der Waals surface area contributed by atoms with Crippen molar-refractivity contribution in [3.8, 4) is 0 Å². The summed E-state index contributed by atoms with van der Waals surface area (Å²) >= 11 is 0. The van der Waals surface area contributed by atoms with Crippen LogP contribution in [0.1, 0.15) is 78.1 Å². The Morgan fingerprint density at radius 3 is 2.32 bits per heavy atom. The molecule has 0 rings (SSSR count). The number of hydrogen-bond acceptors (Lipinski definition) is 2. The summed E-state index contributed by atoms with van der Waals surface area (Å²) in [6.07, 6.45) is 11.7. The molecule has 0 saturated heterocycles. The Balaban J connectivity index is 3.21. The van der Waals surface area contributed by atoms with Crippen LogP contribution in [0.25, 0.3) is 0 Å². The van der Waals surface area contributed by atoms with Crippen molar-refractivity contribution in [1.82, 2.24) is 5.32 Å². The highest BCUT2D eigenvalue weighted by atomic mass is 16.1. The maximum atomic E-state index is 11.6. The number of hydrogen-bond donors (Lipinski definition) is 2. The van der Waals surface area contributed by atoms with E-state index in [9.17, 15) is 4.79 Å². The number of carbonyl (C=O) groups excluding carboxylic acids is 1. The van der Waals surface area contributed by atoms with Crippen molar-refractivity contribution in [1.29, 1.82) is 0 Å². The quantitative estimate of drug-likeness (QED) is 0.502. The average Bonchev–Trinajstić information content (AvgIpc) is 2.42. The Kier molecular flexibility index (Phi) is 13.4. The van der Waals surface area contributed by atoms with Gasteiger partial charge in [0.1, 0.15) is 0 Å². The summed E-state index contributed by atoms with van der Waals surface area (Å²) in [6.45, 7) is 5.94. The van der Waals surface area contributed by atoms with Crippen molar-refractivity contribution in [3.63, 3.8) is 0 Å². The van der Waals surface area contributed by atoms with Crippen LogP contribution in [-0.2, 0) is 4.79 Å². The lowest BCUT2D eigenvalue weighted by molar-refractivity contribution is -0.121. The standard InChI is InChI=1S/C16H34N2O/c1-3-4-5-6-7-8-9-12-16(19)18-13-10-11-15(2)14-17/h15H,3-14,17H2,1-2H3,(H,18,19). The van der Waals surface area contributed by atoms with Crippen molar-refractivity contribution >= 4 is 5.91 Å². The highest BCUT2D eigenvalue weighted by Gasteiger charge is 2.02. The molecule has 3 nitrogen and oxygen atoms in total. The van der Waals surface area contributed by atoms with Crippen molar-refractivity contribution in [3.05, 3.63) is 0 Å². The Hall–Kier alpha value is -0.570. The summed E-state index contributed by atoms with van der Waals surface area (Å²) in [5, 5.41) is 2.99. The van der Waals surface area contributed by atoms with Gasteiger partial charge in [0.15, 0.2) is 0 Å². The molecule has 0 aliphatic heterocycles. The van der Waals surface area contributed by atoms with Crippen LogP contribution in [0.3, 0.4) is 0 Å². The van der Waals surface area contributed by atoms with Gasteiger partial charge in [-0.1, -0.05) is 52.4 Å². The van der Waals surface area contributed by atoms with Crippen LogP contribution in [0, 0.1) is 5.92 Å². The maximum absolute atomic E-state index is 11.6. The van der Waals surface area contributed by atoms with Gasteiger partial charge in [-0.05, 0) is 31.7 Å². The minimum atomic E-state index is 0.217. The third-order valence-electron chi connectivity index (χ3n) is 3.61. The van der Waals surface area contributed by atoms with E-state index in [0.717, 1.165) is 32.4 Å². The van der Waals surface area contributed by atoms with E-state index in [1.807, 2.05) is 0 Å². The molecule has 1 amide bonds. The molecular formula is C16H34N2O. The first kappa shape index (κ1) is 18.4. The van der Waals surface area contributed by atoms with Crippen LogP contribution in [0.4, 0.5) is 0 Å². The van der Waals surface area contributed by atoms with E-state index in [2.05, 4.69) is 19.2 Å². The second-order valence-corrected chi connectivity index (χ2v) is 5.70. The summed E-state index contributed by atoms with van der Waals surface area (Å²) in [7, 11) is 0. The number of nitrogens with two attached hydrogens (primary N) is 1. The van der Waals surface area contributed by atoms with Gasteiger partial charge in [0.05, 0.1) is 0 Å². The Morgan fingerprint density at radius 1 is 1.05 bits per heavy atom. The first-order valence-electron chi connectivity index (χ1n) is 8.17. The fourth-order valence-electron chi connectivity index (χ4n) is 2.13. The molecule has 3 N–H and O–H groups in total. The fraction of sp³-hybridized carbons (Fsp3) is 0.938. The third kappa shape index (κ3) is 13.7. The van der Waals surface area contributed by atoms with Crippen molar-refractivity contribution < 1.29 is 4.79 Å². The fourth-order valence-corrected chi connectivity index (χ4v) is 2.13. The zero-order valence-electron chi connectivity index (χ0n) is 13.0. The SMILES string of the molecule is CCCCCCCCCC(=O)NCCCC(C)CN. The molecule has 0 aromatic heterocycles. The van der Waals surface area contributed by atoms with E-state index < -0.39 is 0 Å². The van der Waals surface area contributed by atoms with Gasteiger partial charge in [-0.25, -0.2) is 0 Å². The van der Waals surface area contributed by atoms with Crippen LogP contribution < -0.4 is 11.1 Å². The normalized spacial score (nSPS) is 12.4. The molecule has 0 aromatic rings. The molecule has 19 heavy (non-hydrogen) atoms. The smallest absolute Gasteiger partial charge is 0.219 e. The monoisotopic (exact) mass is 270 g/mol. The minimum absolute atomic E-state index is 0.217. The lowest BCUT2D eigenvalue weighted by Gasteiger charge is -2.08. The molecule has 0 saturated carbocycles. The van der Waals surface area contributed by atoms with Gasteiger partial charge in [0, 0.05) is 13.0 Å². The molecule has 0 radical (unpaired) electrons. The highest BCUT2D eigenvalue weighted by Crippen LogP contribution is 2.08. The van der Waals surface area contributed by atoms with Gasteiger partial charge >= 0.3 is 0 Å². The van der Waals surface area contributed by atoms with E-state index in [4.69, 9.17) is 5.73 Å². The molecule has 0 aromatic carbocycles. The van der Waals surface area contributed by atoms with E-state index in [1.54, 1.807) is 0 Å². The molecule has 3 heteroatoms. The Morgan fingerprint density at radius 2 is 1.68 bits per heavy atom. The third-order valence-corrected chi connectivity index (χ3v) is 3.61. The molecule has 1 unspecified atom stereocenters. The highest BCUT2D eigenvalue weighted by molar-refractivity contribution is 5.75. The summed E-state index contributed by atoms with van der Waals surface area (Å²) in [5.74, 6) is 0.786. The lowest BCUT2D eigenvalue weighted by Crippen LogP contribution is -2.24. The molecule has 0 aliphatic rings. The molecule has 0 fully saturated rings. The predicted molar refractivity (Wildman–Crippen MR) is 83.1 cm³/mol. The van der Waals surface area contributed by atoms with Crippen molar-refractivity contribution in [2.24, 2.45) is 11.7 Å². The van der Waals surface area contributed by atoms with Crippen molar-refractivity contribution in [2.75, 3.05) is 13.1 Å². The first-order chi connectivity index (χ1) is 9.20. The minimum Gasteiger partial charge on any atom is -0.356 e. The van der Waals surface area contributed by atoms with E-state index in [0.29, 0.717) is 12.3 Å². The topological polar surface area (TPSA) is 55.1 Å². The molecule has 0 bridgehead atoms. The zero-order valence-corrected chi connectivity index (χ0v) is 13.0. The number of nitrogens with one attached hydrogen (secondary N) is 1. The second-order valence-electron chi connectivity index (χ2n) is 5.70. The number of unbranched alkanes of at least 4 members (excludes halogenated alkanes) is 6. The van der Waals surface area contributed by atoms with Gasteiger partial charge in [0.2, 0.25) is 5.91 Å².